The Hall–Kier alpha value is -3.03. The smallest absolute Gasteiger partial charge is 0.411 e. The van der Waals surface area contributed by atoms with E-state index in [0.29, 0.717) is 6.54 Å². The second-order valence-corrected chi connectivity index (χ2v) is 7.28. The van der Waals surface area contributed by atoms with Gasteiger partial charge in [-0.3, -0.25) is 4.90 Å². The molecule has 0 spiro atoms. The highest BCUT2D eigenvalue weighted by atomic mass is 32.1. The van der Waals surface area contributed by atoms with Gasteiger partial charge in [-0.2, -0.15) is 0 Å². The standard InChI is InChI=1S/C23H19NO2S/c25-23(26-17-18-7-2-1-3-8-18)24-15-14-19-9-4-5-11-21(19)22(24)13-12-20-10-6-16-27-20/h1-11,16,22H,14-15,17H2. The average molecular weight is 373 g/mol. The van der Waals surface area contributed by atoms with Crippen LogP contribution in [0.25, 0.3) is 0 Å². The Balaban J connectivity index is 1.57. The normalized spacial score (nSPS) is 15.4. The second kappa shape index (κ2) is 8.11. The van der Waals surface area contributed by atoms with Crippen LogP contribution in [0.2, 0.25) is 0 Å². The number of ether oxygens (including phenoxy) is 1. The maximum atomic E-state index is 12.8. The predicted molar refractivity (Wildman–Crippen MR) is 107 cm³/mol. The van der Waals surface area contributed by atoms with Crippen LogP contribution in [0.15, 0.2) is 72.1 Å². The number of rotatable bonds is 2. The van der Waals surface area contributed by atoms with Crippen LogP contribution in [0.3, 0.4) is 0 Å². The Morgan fingerprint density at radius 1 is 1.07 bits per heavy atom. The van der Waals surface area contributed by atoms with Crippen LogP contribution in [-0.2, 0) is 17.8 Å². The van der Waals surface area contributed by atoms with Gasteiger partial charge in [0.2, 0.25) is 0 Å². The SMILES string of the molecule is O=C(OCc1ccccc1)N1CCc2ccccc2C1C#Cc1cccs1. The lowest BCUT2D eigenvalue weighted by Crippen LogP contribution is -2.39. The van der Waals surface area contributed by atoms with E-state index in [1.165, 1.54) is 5.56 Å². The molecule has 4 heteroatoms. The molecule has 134 valence electrons. The second-order valence-electron chi connectivity index (χ2n) is 6.33. The summed E-state index contributed by atoms with van der Waals surface area (Å²) in [5.74, 6) is 6.51. The summed E-state index contributed by atoms with van der Waals surface area (Å²) in [7, 11) is 0. The number of amides is 1. The van der Waals surface area contributed by atoms with Gasteiger partial charge < -0.3 is 4.74 Å². The van der Waals surface area contributed by atoms with Gasteiger partial charge in [0.25, 0.3) is 0 Å². The monoisotopic (exact) mass is 373 g/mol. The first-order valence-corrected chi connectivity index (χ1v) is 9.79. The molecule has 0 aliphatic carbocycles. The van der Waals surface area contributed by atoms with E-state index in [9.17, 15) is 4.79 Å². The first kappa shape index (κ1) is 17.4. The molecule has 1 atom stereocenters. The third-order valence-corrected chi connectivity index (χ3v) is 5.36. The number of fused-ring (bicyclic) bond motifs is 1. The number of hydrogen-bond acceptors (Lipinski definition) is 3. The minimum absolute atomic E-state index is 0.267. The molecule has 1 unspecified atom stereocenters. The Morgan fingerprint density at radius 3 is 2.70 bits per heavy atom. The molecule has 3 nitrogen and oxygen atoms in total. The zero-order valence-electron chi connectivity index (χ0n) is 14.8. The number of carbonyl (C=O) groups is 1. The van der Waals surface area contributed by atoms with Crippen molar-refractivity contribution in [1.29, 1.82) is 0 Å². The van der Waals surface area contributed by atoms with Crippen molar-refractivity contribution in [3.8, 4) is 11.8 Å². The summed E-state index contributed by atoms with van der Waals surface area (Å²) in [5.41, 5.74) is 3.31. The molecule has 0 N–H and O–H groups in total. The first-order valence-electron chi connectivity index (χ1n) is 8.91. The largest absolute Gasteiger partial charge is 0.445 e. The van der Waals surface area contributed by atoms with E-state index < -0.39 is 0 Å². The third-order valence-electron chi connectivity index (χ3n) is 4.58. The summed E-state index contributed by atoms with van der Waals surface area (Å²) >= 11 is 1.60. The fraction of sp³-hybridized carbons (Fsp3) is 0.174. The maximum Gasteiger partial charge on any atom is 0.411 e. The van der Waals surface area contributed by atoms with Crippen molar-refractivity contribution >= 4 is 17.4 Å². The van der Waals surface area contributed by atoms with E-state index >= 15 is 0 Å². The molecule has 1 aliphatic rings. The Labute approximate surface area is 163 Å². The molecule has 0 saturated carbocycles. The van der Waals surface area contributed by atoms with E-state index in [2.05, 4.69) is 24.0 Å². The maximum absolute atomic E-state index is 12.8. The number of benzene rings is 2. The van der Waals surface area contributed by atoms with Crippen LogP contribution in [0.1, 0.15) is 27.6 Å². The summed E-state index contributed by atoms with van der Waals surface area (Å²) in [4.78, 5) is 15.5. The number of thiophene rings is 1. The highest BCUT2D eigenvalue weighted by Crippen LogP contribution is 2.30. The molecule has 0 radical (unpaired) electrons. The Kier molecular flexibility index (Phi) is 5.22. The highest BCUT2D eigenvalue weighted by Gasteiger charge is 2.30. The van der Waals surface area contributed by atoms with Crippen LogP contribution >= 0.6 is 11.3 Å². The molecule has 2 heterocycles. The lowest BCUT2D eigenvalue weighted by atomic mass is 9.93. The molecule has 27 heavy (non-hydrogen) atoms. The first-order chi connectivity index (χ1) is 13.3. The van der Waals surface area contributed by atoms with Crippen molar-refractivity contribution in [2.45, 2.75) is 19.1 Å². The summed E-state index contributed by atoms with van der Waals surface area (Å²) in [6.45, 7) is 0.872. The van der Waals surface area contributed by atoms with Crippen LogP contribution < -0.4 is 0 Å². The van der Waals surface area contributed by atoms with Crippen molar-refractivity contribution in [3.05, 3.63) is 93.7 Å². The zero-order chi connectivity index (χ0) is 18.5. The summed E-state index contributed by atoms with van der Waals surface area (Å²) < 4.78 is 5.57. The van der Waals surface area contributed by atoms with Crippen molar-refractivity contribution in [2.24, 2.45) is 0 Å². The molecule has 0 fully saturated rings. The molecule has 0 saturated heterocycles. The molecular weight excluding hydrogens is 354 g/mol. The van der Waals surface area contributed by atoms with Gasteiger partial charge in [0.15, 0.2) is 0 Å². The van der Waals surface area contributed by atoms with Crippen molar-refractivity contribution in [1.82, 2.24) is 4.90 Å². The van der Waals surface area contributed by atoms with Crippen molar-refractivity contribution in [2.75, 3.05) is 6.54 Å². The van der Waals surface area contributed by atoms with Gasteiger partial charge in [0.1, 0.15) is 12.6 Å². The van der Waals surface area contributed by atoms with Gasteiger partial charge in [0, 0.05) is 6.54 Å². The molecule has 1 amide bonds. The minimum atomic E-state index is -0.321. The van der Waals surface area contributed by atoms with Gasteiger partial charge in [-0.05, 0) is 34.6 Å². The van der Waals surface area contributed by atoms with Crippen LogP contribution in [0.5, 0.6) is 0 Å². The number of nitrogens with zero attached hydrogens (tertiary/aromatic N) is 1. The van der Waals surface area contributed by atoms with Gasteiger partial charge in [-0.25, -0.2) is 4.79 Å². The van der Waals surface area contributed by atoms with Gasteiger partial charge in [-0.15, -0.1) is 11.3 Å². The highest BCUT2D eigenvalue weighted by molar-refractivity contribution is 7.10. The van der Waals surface area contributed by atoms with E-state index in [1.807, 2.05) is 60.0 Å². The van der Waals surface area contributed by atoms with Crippen molar-refractivity contribution in [3.63, 3.8) is 0 Å². The minimum Gasteiger partial charge on any atom is -0.445 e. The van der Waals surface area contributed by atoms with Crippen molar-refractivity contribution < 1.29 is 9.53 Å². The van der Waals surface area contributed by atoms with Gasteiger partial charge in [-0.1, -0.05) is 72.5 Å². The Morgan fingerprint density at radius 2 is 1.89 bits per heavy atom. The fourth-order valence-electron chi connectivity index (χ4n) is 3.21. The van der Waals surface area contributed by atoms with E-state index in [0.717, 1.165) is 22.4 Å². The number of hydrogen-bond donors (Lipinski definition) is 0. The van der Waals surface area contributed by atoms with E-state index in [-0.39, 0.29) is 18.7 Å². The fourth-order valence-corrected chi connectivity index (χ4v) is 3.79. The summed E-state index contributed by atoms with van der Waals surface area (Å²) in [6, 6.07) is 21.6. The quantitative estimate of drug-likeness (QED) is 0.589. The Bertz CT molecular complexity index is 970. The lowest BCUT2D eigenvalue weighted by Gasteiger charge is -2.33. The van der Waals surface area contributed by atoms with Crippen LogP contribution in [-0.4, -0.2) is 17.5 Å². The average Bonchev–Trinajstić information content (AvgIpc) is 3.24. The van der Waals surface area contributed by atoms with Gasteiger partial charge in [0.05, 0.1) is 4.88 Å². The van der Waals surface area contributed by atoms with Crippen LogP contribution in [0.4, 0.5) is 4.79 Å². The van der Waals surface area contributed by atoms with Crippen LogP contribution in [0, 0.1) is 11.8 Å². The molecule has 3 aromatic rings. The molecule has 1 aliphatic heterocycles. The molecule has 0 bridgehead atoms. The molecule has 4 rings (SSSR count). The lowest BCUT2D eigenvalue weighted by molar-refractivity contribution is 0.0862. The molecule has 2 aromatic carbocycles. The third kappa shape index (κ3) is 4.05. The summed E-state index contributed by atoms with van der Waals surface area (Å²) in [6.07, 6.45) is 0.493. The van der Waals surface area contributed by atoms with E-state index in [1.54, 1.807) is 16.2 Å². The zero-order valence-corrected chi connectivity index (χ0v) is 15.6. The summed E-state index contributed by atoms with van der Waals surface area (Å²) in [5, 5.41) is 2.00. The topological polar surface area (TPSA) is 29.5 Å². The molecular formula is C23H19NO2S. The number of carbonyl (C=O) groups excluding carboxylic acids is 1. The van der Waals surface area contributed by atoms with E-state index in [4.69, 9.17) is 4.74 Å². The predicted octanol–water partition coefficient (Wildman–Crippen LogP) is 5.04. The molecule has 1 aromatic heterocycles. The van der Waals surface area contributed by atoms with Gasteiger partial charge >= 0.3 is 6.09 Å².